The van der Waals surface area contributed by atoms with E-state index in [1.165, 1.54) is 16.7 Å². The number of aliphatic hydroxyl groups excluding tert-OH is 1. The summed E-state index contributed by atoms with van der Waals surface area (Å²) >= 11 is 0. The first-order valence-electron chi connectivity index (χ1n) is 12.3. The van der Waals surface area contributed by atoms with E-state index in [2.05, 4.69) is 51.0 Å². The van der Waals surface area contributed by atoms with Gasteiger partial charge in [-0.05, 0) is 60.3 Å². The standard InChI is InChI=1S/C23H36N2O2.C4H4O4/c1-16(2)17-7-8-19-18(13-17)14-20(26)21-22(3,9-5-10-23(19,21)4)15-25-27-12-6-11-24;5-3(6)1-2-4(7)8/h7-8,13,15-16,20-21,26H,5-6,9-12,14,24H2,1-4H3;1-2H,(H,5,6)(H,7,8)/b25-15+;2-1+/t20?,21-,22-,23+;/m0./s1. The van der Waals surface area contributed by atoms with Crippen LogP contribution in [0.25, 0.3) is 0 Å². The molecule has 3 rings (SSSR count). The molecule has 1 fully saturated rings. The van der Waals surface area contributed by atoms with Crippen LogP contribution in [0.1, 0.15) is 76.0 Å². The van der Waals surface area contributed by atoms with Crippen molar-refractivity contribution in [2.24, 2.45) is 22.2 Å². The van der Waals surface area contributed by atoms with Gasteiger partial charge < -0.3 is 25.9 Å². The zero-order chi connectivity index (χ0) is 26.2. The van der Waals surface area contributed by atoms with Crippen molar-refractivity contribution in [2.45, 2.75) is 77.2 Å². The van der Waals surface area contributed by atoms with E-state index in [1.54, 1.807) is 0 Å². The first-order chi connectivity index (χ1) is 16.4. The SMILES string of the molecule is CC(C)c1ccc2c(c1)CC(O)[C@H]1[C@](C)(/C=N/OCCCN)CCC[C@]21C.O=C(O)/C=C/C(=O)O. The van der Waals surface area contributed by atoms with Gasteiger partial charge in [0.1, 0.15) is 6.61 Å². The molecule has 0 aliphatic heterocycles. The molecule has 0 bridgehead atoms. The second-order valence-electron chi connectivity index (χ2n) is 10.3. The Morgan fingerprint density at radius 2 is 1.86 bits per heavy atom. The summed E-state index contributed by atoms with van der Waals surface area (Å²) in [5, 5.41) is 31.1. The second kappa shape index (κ2) is 12.3. The van der Waals surface area contributed by atoms with Gasteiger partial charge in [-0.3, -0.25) is 0 Å². The Balaban J connectivity index is 0.000000466. The van der Waals surface area contributed by atoms with Crippen molar-refractivity contribution < 1.29 is 29.7 Å². The summed E-state index contributed by atoms with van der Waals surface area (Å²) in [4.78, 5) is 24.5. The van der Waals surface area contributed by atoms with Gasteiger partial charge in [0.25, 0.3) is 0 Å². The highest BCUT2D eigenvalue weighted by Gasteiger charge is 2.55. The van der Waals surface area contributed by atoms with Crippen LogP contribution in [0.3, 0.4) is 0 Å². The molecule has 0 amide bonds. The number of aliphatic carboxylic acids is 2. The van der Waals surface area contributed by atoms with Gasteiger partial charge >= 0.3 is 11.9 Å². The Hall–Kier alpha value is -2.71. The van der Waals surface area contributed by atoms with Crippen LogP contribution < -0.4 is 5.73 Å². The van der Waals surface area contributed by atoms with Crippen molar-refractivity contribution in [3.05, 3.63) is 47.0 Å². The van der Waals surface area contributed by atoms with Crippen molar-refractivity contribution in [1.29, 1.82) is 0 Å². The molecule has 194 valence electrons. The third-order valence-corrected chi connectivity index (χ3v) is 7.26. The van der Waals surface area contributed by atoms with Gasteiger partial charge in [0, 0.05) is 23.5 Å². The van der Waals surface area contributed by atoms with Crippen LogP contribution in [0.15, 0.2) is 35.5 Å². The number of oxime groups is 1. The molecule has 2 aliphatic carbocycles. The minimum absolute atomic E-state index is 0.0290. The van der Waals surface area contributed by atoms with Gasteiger partial charge in [-0.1, -0.05) is 57.5 Å². The van der Waals surface area contributed by atoms with E-state index >= 15 is 0 Å². The number of aliphatic hydroxyl groups is 1. The van der Waals surface area contributed by atoms with Crippen molar-refractivity contribution in [3.8, 4) is 0 Å². The quantitative estimate of drug-likeness (QED) is 0.188. The molecule has 5 N–H and O–H groups in total. The molecule has 2 aliphatic rings. The van der Waals surface area contributed by atoms with E-state index in [4.69, 9.17) is 20.8 Å². The molecule has 1 saturated carbocycles. The molecule has 1 aromatic rings. The number of fused-ring (bicyclic) bond motifs is 3. The molecule has 35 heavy (non-hydrogen) atoms. The number of hydrogen-bond donors (Lipinski definition) is 4. The third-order valence-electron chi connectivity index (χ3n) is 7.26. The van der Waals surface area contributed by atoms with Gasteiger partial charge in [0.15, 0.2) is 0 Å². The molecular formula is C27H40N2O6. The Morgan fingerprint density at radius 3 is 2.43 bits per heavy atom. The highest BCUT2D eigenvalue weighted by Crippen LogP contribution is 2.56. The third kappa shape index (κ3) is 7.15. The molecule has 0 spiro atoms. The van der Waals surface area contributed by atoms with E-state index < -0.39 is 11.9 Å². The topological polar surface area (TPSA) is 142 Å². The lowest BCUT2D eigenvalue weighted by Gasteiger charge is -2.56. The molecule has 0 saturated heterocycles. The number of carboxylic acids is 2. The fourth-order valence-electron chi connectivity index (χ4n) is 5.73. The van der Waals surface area contributed by atoms with Gasteiger partial charge in [0.05, 0.1) is 12.3 Å². The first-order valence-corrected chi connectivity index (χ1v) is 12.3. The largest absolute Gasteiger partial charge is 0.478 e. The Bertz CT molecular complexity index is 928. The zero-order valence-corrected chi connectivity index (χ0v) is 21.2. The molecule has 8 nitrogen and oxygen atoms in total. The van der Waals surface area contributed by atoms with Crippen molar-refractivity contribution in [3.63, 3.8) is 0 Å². The van der Waals surface area contributed by atoms with Gasteiger partial charge in [0.2, 0.25) is 0 Å². The van der Waals surface area contributed by atoms with Crippen LogP contribution in [0.5, 0.6) is 0 Å². The smallest absolute Gasteiger partial charge is 0.328 e. The zero-order valence-electron chi connectivity index (χ0n) is 21.2. The first kappa shape index (κ1) is 28.5. The average Bonchev–Trinajstić information content (AvgIpc) is 2.77. The van der Waals surface area contributed by atoms with E-state index in [1.807, 2.05) is 6.21 Å². The fraction of sp³-hybridized carbons (Fsp3) is 0.593. The lowest BCUT2D eigenvalue weighted by atomic mass is 9.49. The highest BCUT2D eigenvalue weighted by atomic mass is 16.6. The molecule has 4 atom stereocenters. The number of nitrogens with zero attached hydrogens (tertiary/aromatic N) is 1. The minimum Gasteiger partial charge on any atom is -0.478 e. The van der Waals surface area contributed by atoms with Crippen LogP contribution in [-0.2, 0) is 26.3 Å². The number of rotatable bonds is 8. The maximum atomic E-state index is 11.2. The van der Waals surface area contributed by atoms with Crippen LogP contribution in [0, 0.1) is 11.3 Å². The minimum atomic E-state index is -1.26. The lowest BCUT2D eigenvalue weighted by molar-refractivity contribution is -0.134. The summed E-state index contributed by atoms with van der Waals surface area (Å²) in [6, 6.07) is 6.92. The van der Waals surface area contributed by atoms with Gasteiger partial charge in [-0.2, -0.15) is 0 Å². The summed E-state index contributed by atoms with van der Waals surface area (Å²) in [6.07, 6.45) is 7.54. The lowest BCUT2D eigenvalue weighted by Crippen LogP contribution is -2.56. The van der Waals surface area contributed by atoms with Crippen LogP contribution >= 0.6 is 0 Å². The van der Waals surface area contributed by atoms with E-state index in [9.17, 15) is 14.7 Å². The van der Waals surface area contributed by atoms with Crippen LogP contribution in [-0.4, -0.2) is 52.7 Å². The van der Waals surface area contributed by atoms with Crippen LogP contribution in [0.4, 0.5) is 0 Å². The number of benzene rings is 1. The van der Waals surface area contributed by atoms with Crippen molar-refractivity contribution in [1.82, 2.24) is 0 Å². The highest BCUT2D eigenvalue weighted by molar-refractivity contribution is 5.89. The predicted molar refractivity (Wildman–Crippen MR) is 136 cm³/mol. The molecule has 0 heterocycles. The summed E-state index contributed by atoms with van der Waals surface area (Å²) in [5.74, 6) is -1.86. The number of nitrogens with two attached hydrogens (primary N) is 1. The maximum absolute atomic E-state index is 11.2. The summed E-state index contributed by atoms with van der Waals surface area (Å²) in [5.41, 5.74) is 9.43. The number of carbonyl (C=O) groups is 2. The van der Waals surface area contributed by atoms with Gasteiger partial charge in [-0.15, -0.1) is 0 Å². The Kier molecular flexibility index (Phi) is 10.0. The van der Waals surface area contributed by atoms with E-state index in [0.29, 0.717) is 31.2 Å². The van der Waals surface area contributed by atoms with Crippen LogP contribution in [0.2, 0.25) is 0 Å². The normalized spacial score (nSPS) is 27.7. The van der Waals surface area contributed by atoms with E-state index in [0.717, 1.165) is 32.1 Å². The second-order valence-corrected chi connectivity index (χ2v) is 10.3. The number of hydrogen-bond acceptors (Lipinski definition) is 6. The van der Waals surface area contributed by atoms with Gasteiger partial charge in [-0.25, -0.2) is 9.59 Å². The summed E-state index contributed by atoms with van der Waals surface area (Å²) in [6.45, 7) is 10.2. The summed E-state index contributed by atoms with van der Waals surface area (Å²) < 4.78 is 0. The molecule has 8 heteroatoms. The average molecular weight is 489 g/mol. The molecule has 1 aromatic carbocycles. The molecular weight excluding hydrogens is 448 g/mol. The number of carboxylic acid groups (broad SMARTS) is 2. The fourth-order valence-corrected chi connectivity index (χ4v) is 5.73. The Morgan fingerprint density at radius 1 is 1.20 bits per heavy atom. The maximum Gasteiger partial charge on any atom is 0.328 e. The predicted octanol–water partition coefficient (Wildman–Crippen LogP) is 3.85. The molecule has 0 aromatic heterocycles. The Labute approximate surface area is 207 Å². The monoisotopic (exact) mass is 488 g/mol. The molecule has 0 radical (unpaired) electrons. The van der Waals surface area contributed by atoms with Crippen molar-refractivity contribution in [2.75, 3.05) is 13.2 Å². The summed E-state index contributed by atoms with van der Waals surface area (Å²) in [7, 11) is 0. The molecule has 1 unspecified atom stereocenters. The van der Waals surface area contributed by atoms with Crippen molar-refractivity contribution >= 4 is 18.2 Å². The van der Waals surface area contributed by atoms with E-state index in [-0.39, 0.29) is 22.9 Å².